The molecule has 0 unspecified atom stereocenters. The molecular formula is C11H17Ta-3. The van der Waals surface area contributed by atoms with Gasteiger partial charge in [0.15, 0.2) is 0 Å². The Balaban J connectivity index is -0.0000000800. The number of hydrogen-bond donors (Lipinski definition) is 0. The SMILES string of the molecule is [CH3-].[CH3-].[CH3-].[CH]1[CH][CH][CH][CH][CH][CH][CH]1.[Ta]. The van der Waals surface area contributed by atoms with Gasteiger partial charge in [-0.25, -0.2) is 0 Å². The summed E-state index contributed by atoms with van der Waals surface area (Å²) < 4.78 is 0. The number of hydrogen-bond acceptors (Lipinski definition) is 0. The largest absolute Gasteiger partial charge is 0.358 e. The van der Waals surface area contributed by atoms with Gasteiger partial charge in [-0.1, -0.05) is 0 Å². The molecule has 1 rings (SSSR count). The summed E-state index contributed by atoms with van der Waals surface area (Å²) in [6.45, 7) is 0. The van der Waals surface area contributed by atoms with Crippen LogP contribution in [0.3, 0.4) is 0 Å². The summed E-state index contributed by atoms with van der Waals surface area (Å²) in [6, 6.07) is 0. The Labute approximate surface area is 96.0 Å². The minimum Gasteiger partial charge on any atom is -0.358 e. The Kier molecular flexibility index (Phi) is 34.0. The monoisotopic (exact) mass is 330 g/mol. The van der Waals surface area contributed by atoms with E-state index in [0.29, 0.717) is 0 Å². The topological polar surface area (TPSA) is 0 Å². The molecule has 0 saturated heterocycles. The molecule has 69 valence electrons. The van der Waals surface area contributed by atoms with E-state index in [0.717, 1.165) is 0 Å². The molecule has 1 fully saturated rings. The molecule has 1 aliphatic rings. The van der Waals surface area contributed by atoms with Gasteiger partial charge < -0.3 is 22.3 Å². The summed E-state index contributed by atoms with van der Waals surface area (Å²) in [5.74, 6) is 0. The molecule has 0 heterocycles. The van der Waals surface area contributed by atoms with Crippen LogP contribution < -0.4 is 0 Å². The molecule has 0 spiro atoms. The zero-order valence-corrected chi connectivity index (χ0v) is 11.3. The summed E-state index contributed by atoms with van der Waals surface area (Å²) in [7, 11) is 0. The first-order valence-electron chi connectivity index (χ1n) is 2.67. The molecule has 9 radical (unpaired) electrons. The average molecular weight is 330 g/mol. The summed E-state index contributed by atoms with van der Waals surface area (Å²) in [5.41, 5.74) is 0. The fraction of sp³-hybridized carbons (Fsp3) is 0. The standard InChI is InChI=1S/C8H8.3CH3.Ta/c1-2-4-6-8-7-5-3-1;;;;/h1-8H;3*1H3;/q;3*-1;. The van der Waals surface area contributed by atoms with Crippen molar-refractivity contribution in [3.63, 3.8) is 0 Å². The van der Waals surface area contributed by atoms with Crippen molar-refractivity contribution >= 4 is 0 Å². The van der Waals surface area contributed by atoms with Crippen molar-refractivity contribution in [2.75, 3.05) is 0 Å². The zero-order valence-electron chi connectivity index (χ0n) is 8.07. The van der Waals surface area contributed by atoms with Crippen LogP contribution in [0.25, 0.3) is 0 Å². The first kappa shape index (κ1) is 23.0. The van der Waals surface area contributed by atoms with E-state index in [1.54, 1.807) is 0 Å². The Morgan fingerprint density at radius 1 is 0.333 bits per heavy atom. The second-order valence-corrected chi connectivity index (χ2v) is 1.54. The third-order valence-electron chi connectivity index (χ3n) is 0.889. The van der Waals surface area contributed by atoms with Gasteiger partial charge in [0.25, 0.3) is 0 Å². The summed E-state index contributed by atoms with van der Waals surface area (Å²) in [5, 5.41) is 0. The predicted octanol–water partition coefficient (Wildman–Crippen LogP) is 2.98. The van der Waals surface area contributed by atoms with Crippen molar-refractivity contribution in [2.24, 2.45) is 0 Å². The van der Waals surface area contributed by atoms with Crippen molar-refractivity contribution in [1.82, 2.24) is 0 Å². The van der Waals surface area contributed by atoms with E-state index >= 15 is 0 Å². The van der Waals surface area contributed by atoms with Gasteiger partial charge in [-0.15, -0.1) is 0 Å². The third kappa shape index (κ3) is 13.3. The average Bonchev–Trinajstić information content (AvgIpc) is 1.62. The molecule has 0 aromatic heterocycles. The maximum absolute atomic E-state index is 2.00. The van der Waals surface area contributed by atoms with Crippen LogP contribution >= 0.6 is 0 Å². The van der Waals surface area contributed by atoms with Gasteiger partial charge >= 0.3 is 0 Å². The van der Waals surface area contributed by atoms with E-state index < -0.39 is 0 Å². The molecule has 0 nitrogen and oxygen atoms in total. The molecule has 0 bridgehead atoms. The second kappa shape index (κ2) is 17.7. The number of rotatable bonds is 0. The smallest absolute Gasteiger partial charge is 0 e. The van der Waals surface area contributed by atoms with Gasteiger partial charge in [0.05, 0.1) is 0 Å². The van der Waals surface area contributed by atoms with Crippen molar-refractivity contribution in [2.45, 2.75) is 0 Å². The van der Waals surface area contributed by atoms with Crippen LogP contribution in [0.4, 0.5) is 0 Å². The quantitative estimate of drug-likeness (QED) is 0.599. The van der Waals surface area contributed by atoms with E-state index in [9.17, 15) is 0 Å². The molecule has 1 heteroatoms. The van der Waals surface area contributed by atoms with E-state index in [4.69, 9.17) is 0 Å². The van der Waals surface area contributed by atoms with Crippen molar-refractivity contribution < 1.29 is 22.4 Å². The summed E-state index contributed by atoms with van der Waals surface area (Å²) >= 11 is 0. The molecule has 1 saturated carbocycles. The summed E-state index contributed by atoms with van der Waals surface area (Å²) in [4.78, 5) is 0. The molecule has 0 aromatic rings. The van der Waals surface area contributed by atoms with Crippen LogP contribution in [0.1, 0.15) is 0 Å². The van der Waals surface area contributed by atoms with Crippen LogP contribution in [-0.2, 0) is 22.4 Å². The predicted molar refractivity (Wildman–Crippen MR) is 53.6 cm³/mol. The fourth-order valence-corrected chi connectivity index (χ4v) is 0.513. The Bertz CT molecular complexity index is 29.0. The van der Waals surface area contributed by atoms with Crippen molar-refractivity contribution in [3.8, 4) is 0 Å². The van der Waals surface area contributed by atoms with Crippen LogP contribution in [0.2, 0.25) is 0 Å². The Morgan fingerprint density at radius 2 is 0.417 bits per heavy atom. The summed E-state index contributed by atoms with van der Waals surface area (Å²) in [6.07, 6.45) is 16.0. The van der Waals surface area contributed by atoms with Crippen molar-refractivity contribution in [3.05, 3.63) is 73.6 Å². The molecule has 1 aliphatic carbocycles. The molecule has 0 N–H and O–H groups in total. The van der Waals surface area contributed by atoms with Gasteiger partial charge in [-0.3, -0.25) is 0 Å². The van der Waals surface area contributed by atoms with Gasteiger partial charge in [0.1, 0.15) is 0 Å². The van der Waals surface area contributed by atoms with Gasteiger partial charge in [0, 0.05) is 22.4 Å². The van der Waals surface area contributed by atoms with Crippen LogP contribution in [0.5, 0.6) is 0 Å². The minimum atomic E-state index is 0. The van der Waals surface area contributed by atoms with E-state index in [1.165, 1.54) is 0 Å². The fourth-order valence-electron chi connectivity index (χ4n) is 0.513. The van der Waals surface area contributed by atoms with E-state index in [-0.39, 0.29) is 44.7 Å². The van der Waals surface area contributed by atoms with Crippen LogP contribution in [0.15, 0.2) is 0 Å². The van der Waals surface area contributed by atoms with Gasteiger partial charge in [0.2, 0.25) is 0 Å². The first-order chi connectivity index (χ1) is 4.00. The molecule has 0 aliphatic heterocycles. The zero-order chi connectivity index (χ0) is 5.66. The molecule has 12 heavy (non-hydrogen) atoms. The molecular weight excluding hydrogens is 313 g/mol. The van der Waals surface area contributed by atoms with E-state index in [2.05, 4.69) is 0 Å². The van der Waals surface area contributed by atoms with Gasteiger partial charge in [-0.2, -0.15) is 0 Å². The third-order valence-corrected chi connectivity index (χ3v) is 0.889. The normalized spacial score (nSPS) is 16.0. The second-order valence-electron chi connectivity index (χ2n) is 1.54. The van der Waals surface area contributed by atoms with Gasteiger partial charge in [-0.05, 0) is 51.4 Å². The van der Waals surface area contributed by atoms with Crippen LogP contribution in [0, 0.1) is 73.6 Å². The maximum atomic E-state index is 2.00. The minimum absolute atomic E-state index is 0. The van der Waals surface area contributed by atoms with Crippen molar-refractivity contribution in [1.29, 1.82) is 0 Å². The van der Waals surface area contributed by atoms with Crippen LogP contribution in [-0.4, -0.2) is 0 Å². The Hall–Kier alpha value is 0.740. The molecule has 0 aromatic carbocycles. The first-order valence-corrected chi connectivity index (χ1v) is 2.67. The Morgan fingerprint density at radius 3 is 0.500 bits per heavy atom. The molecule has 0 atom stereocenters. The maximum Gasteiger partial charge on any atom is 0 e. The molecule has 0 amide bonds. The van der Waals surface area contributed by atoms with E-state index in [1.807, 2.05) is 51.4 Å².